The summed E-state index contributed by atoms with van der Waals surface area (Å²) in [4.78, 5) is 25.6. The van der Waals surface area contributed by atoms with E-state index in [9.17, 15) is 9.59 Å². The average molecular weight is 404 g/mol. The Hall–Kier alpha value is -3.64. The fourth-order valence-electron chi connectivity index (χ4n) is 2.83. The van der Waals surface area contributed by atoms with Gasteiger partial charge in [-0.05, 0) is 43.3 Å². The molecule has 0 radical (unpaired) electrons. The van der Waals surface area contributed by atoms with Crippen molar-refractivity contribution in [2.45, 2.75) is 6.92 Å². The summed E-state index contributed by atoms with van der Waals surface area (Å²) < 4.78 is 11.0. The molecule has 6 heteroatoms. The number of carbonyl (C=O) groups is 2. The Bertz CT molecular complexity index is 989. The standard InChI is InChI=1S/C24H24N2O4/c1-2-29-16-17-30-22-15-9-7-13-20(22)24(28)26-21-14-8-6-12-19(21)23(27)25-18-10-4-3-5-11-18/h3-15H,2,16-17H2,1H3,(H,25,27)(H,26,28). The first-order valence-electron chi connectivity index (χ1n) is 9.75. The van der Waals surface area contributed by atoms with Gasteiger partial charge in [-0.1, -0.05) is 42.5 Å². The molecule has 2 N–H and O–H groups in total. The van der Waals surface area contributed by atoms with Crippen molar-refractivity contribution in [3.05, 3.63) is 90.0 Å². The molecule has 0 saturated heterocycles. The zero-order valence-electron chi connectivity index (χ0n) is 16.8. The fourth-order valence-corrected chi connectivity index (χ4v) is 2.83. The number of anilines is 2. The van der Waals surface area contributed by atoms with Crippen LogP contribution in [0.1, 0.15) is 27.6 Å². The van der Waals surface area contributed by atoms with E-state index in [2.05, 4.69) is 10.6 Å². The predicted octanol–water partition coefficient (Wildman–Crippen LogP) is 4.61. The fraction of sp³-hybridized carbons (Fsp3) is 0.167. The normalized spacial score (nSPS) is 10.3. The van der Waals surface area contributed by atoms with Crippen LogP contribution in [0.5, 0.6) is 5.75 Å². The summed E-state index contributed by atoms with van der Waals surface area (Å²) >= 11 is 0. The van der Waals surface area contributed by atoms with Crippen LogP contribution in [-0.4, -0.2) is 31.6 Å². The van der Waals surface area contributed by atoms with E-state index in [0.29, 0.717) is 48.1 Å². The third-order valence-electron chi connectivity index (χ3n) is 4.27. The number of nitrogens with one attached hydrogen (secondary N) is 2. The summed E-state index contributed by atoms with van der Waals surface area (Å²) in [6.07, 6.45) is 0. The molecule has 30 heavy (non-hydrogen) atoms. The van der Waals surface area contributed by atoms with E-state index in [4.69, 9.17) is 9.47 Å². The summed E-state index contributed by atoms with van der Waals surface area (Å²) in [5.74, 6) is -0.207. The first-order chi connectivity index (χ1) is 14.7. The zero-order valence-corrected chi connectivity index (χ0v) is 16.8. The second kappa shape index (κ2) is 10.8. The lowest BCUT2D eigenvalue weighted by Crippen LogP contribution is -2.19. The molecule has 0 saturated carbocycles. The molecule has 0 aliphatic heterocycles. The largest absolute Gasteiger partial charge is 0.490 e. The molecule has 6 nitrogen and oxygen atoms in total. The Morgan fingerprint density at radius 3 is 2.13 bits per heavy atom. The molecular weight excluding hydrogens is 380 g/mol. The minimum atomic E-state index is -0.359. The van der Waals surface area contributed by atoms with Gasteiger partial charge in [0.2, 0.25) is 0 Å². The lowest BCUT2D eigenvalue weighted by molar-refractivity contribution is 0.0998. The minimum Gasteiger partial charge on any atom is -0.490 e. The summed E-state index contributed by atoms with van der Waals surface area (Å²) in [5, 5.41) is 5.66. The highest BCUT2D eigenvalue weighted by Gasteiger charge is 2.17. The number of hydrogen-bond acceptors (Lipinski definition) is 4. The Kier molecular flexibility index (Phi) is 7.58. The molecule has 0 aliphatic rings. The van der Waals surface area contributed by atoms with Crippen LogP contribution in [0.2, 0.25) is 0 Å². The molecule has 0 bridgehead atoms. The molecule has 0 atom stereocenters. The third kappa shape index (κ3) is 5.68. The zero-order chi connectivity index (χ0) is 21.2. The Labute approximate surface area is 175 Å². The van der Waals surface area contributed by atoms with Crippen LogP contribution in [0, 0.1) is 0 Å². The molecule has 0 fully saturated rings. The van der Waals surface area contributed by atoms with Gasteiger partial charge in [-0.2, -0.15) is 0 Å². The molecule has 0 aliphatic carbocycles. The highest BCUT2D eigenvalue weighted by Crippen LogP contribution is 2.22. The molecule has 3 rings (SSSR count). The Morgan fingerprint density at radius 1 is 0.733 bits per heavy atom. The smallest absolute Gasteiger partial charge is 0.259 e. The van der Waals surface area contributed by atoms with Crippen molar-refractivity contribution in [1.82, 2.24) is 0 Å². The summed E-state index contributed by atoms with van der Waals surface area (Å²) in [5.41, 5.74) is 1.84. The van der Waals surface area contributed by atoms with E-state index in [-0.39, 0.29) is 11.8 Å². The first-order valence-corrected chi connectivity index (χ1v) is 9.75. The monoisotopic (exact) mass is 404 g/mol. The van der Waals surface area contributed by atoms with Crippen LogP contribution in [0.4, 0.5) is 11.4 Å². The molecule has 0 heterocycles. The van der Waals surface area contributed by atoms with Gasteiger partial charge in [0.1, 0.15) is 12.4 Å². The lowest BCUT2D eigenvalue weighted by Gasteiger charge is -2.14. The van der Waals surface area contributed by atoms with Crippen molar-refractivity contribution in [3.8, 4) is 5.75 Å². The van der Waals surface area contributed by atoms with Gasteiger partial charge < -0.3 is 20.1 Å². The molecule has 0 unspecified atom stereocenters. The predicted molar refractivity (Wildman–Crippen MR) is 117 cm³/mol. The molecule has 3 aromatic carbocycles. The quantitative estimate of drug-likeness (QED) is 0.511. The van der Waals surface area contributed by atoms with E-state index in [1.807, 2.05) is 25.1 Å². The number of rotatable bonds is 9. The first kappa shape index (κ1) is 21.1. The number of ether oxygens (including phenoxy) is 2. The number of amides is 2. The molecular formula is C24H24N2O4. The van der Waals surface area contributed by atoms with Crippen LogP contribution in [0.3, 0.4) is 0 Å². The van der Waals surface area contributed by atoms with Crippen LogP contribution >= 0.6 is 0 Å². The van der Waals surface area contributed by atoms with Crippen molar-refractivity contribution in [1.29, 1.82) is 0 Å². The van der Waals surface area contributed by atoms with Gasteiger partial charge in [0.15, 0.2) is 0 Å². The SMILES string of the molecule is CCOCCOc1ccccc1C(=O)Nc1ccccc1C(=O)Nc1ccccc1. The topological polar surface area (TPSA) is 76.7 Å². The third-order valence-corrected chi connectivity index (χ3v) is 4.27. The van der Waals surface area contributed by atoms with Gasteiger partial charge in [0, 0.05) is 12.3 Å². The number of benzene rings is 3. The average Bonchev–Trinajstić information content (AvgIpc) is 2.78. The van der Waals surface area contributed by atoms with Crippen LogP contribution in [0.15, 0.2) is 78.9 Å². The van der Waals surface area contributed by atoms with Gasteiger partial charge in [0.25, 0.3) is 11.8 Å². The second-order valence-corrected chi connectivity index (χ2v) is 6.36. The number of carbonyl (C=O) groups excluding carboxylic acids is 2. The maximum atomic E-state index is 12.9. The summed E-state index contributed by atoms with van der Waals surface area (Å²) in [6.45, 7) is 3.29. The van der Waals surface area contributed by atoms with E-state index < -0.39 is 0 Å². The minimum absolute atomic E-state index is 0.307. The van der Waals surface area contributed by atoms with Crippen molar-refractivity contribution in [2.75, 3.05) is 30.5 Å². The van der Waals surface area contributed by atoms with Crippen molar-refractivity contribution in [3.63, 3.8) is 0 Å². The maximum Gasteiger partial charge on any atom is 0.259 e. The molecule has 0 spiro atoms. The Balaban J connectivity index is 1.74. The van der Waals surface area contributed by atoms with Gasteiger partial charge in [-0.3, -0.25) is 9.59 Å². The Morgan fingerprint density at radius 2 is 1.37 bits per heavy atom. The summed E-state index contributed by atoms with van der Waals surface area (Å²) in [7, 11) is 0. The highest BCUT2D eigenvalue weighted by molar-refractivity contribution is 6.13. The van der Waals surface area contributed by atoms with Crippen molar-refractivity contribution >= 4 is 23.2 Å². The van der Waals surface area contributed by atoms with Gasteiger partial charge in [0.05, 0.1) is 23.4 Å². The van der Waals surface area contributed by atoms with Gasteiger partial charge in [-0.25, -0.2) is 0 Å². The molecule has 2 amide bonds. The second-order valence-electron chi connectivity index (χ2n) is 6.36. The van der Waals surface area contributed by atoms with Crippen LogP contribution in [-0.2, 0) is 4.74 Å². The van der Waals surface area contributed by atoms with Crippen molar-refractivity contribution < 1.29 is 19.1 Å². The molecule has 3 aromatic rings. The van der Waals surface area contributed by atoms with E-state index in [1.165, 1.54) is 0 Å². The number of hydrogen-bond donors (Lipinski definition) is 2. The maximum absolute atomic E-state index is 12.9. The lowest BCUT2D eigenvalue weighted by atomic mass is 10.1. The number of para-hydroxylation sites is 3. The van der Waals surface area contributed by atoms with Crippen LogP contribution in [0.25, 0.3) is 0 Å². The highest BCUT2D eigenvalue weighted by atomic mass is 16.5. The molecule has 154 valence electrons. The van der Waals surface area contributed by atoms with E-state index >= 15 is 0 Å². The summed E-state index contributed by atoms with van der Waals surface area (Å²) in [6, 6.07) is 23.0. The van der Waals surface area contributed by atoms with E-state index in [1.54, 1.807) is 60.7 Å². The molecule has 0 aromatic heterocycles. The van der Waals surface area contributed by atoms with Crippen LogP contribution < -0.4 is 15.4 Å². The van der Waals surface area contributed by atoms with Crippen molar-refractivity contribution in [2.24, 2.45) is 0 Å². The van der Waals surface area contributed by atoms with Gasteiger partial charge >= 0.3 is 0 Å². The van der Waals surface area contributed by atoms with Gasteiger partial charge in [-0.15, -0.1) is 0 Å². The van der Waals surface area contributed by atoms with E-state index in [0.717, 1.165) is 0 Å².